The molecule has 5 heteroatoms. The van der Waals surface area contributed by atoms with Crippen molar-refractivity contribution in [2.75, 3.05) is 20.6 Å². The van der Waals surface area contributed by atoms with Crippen LogP contribution >= 0.6 is 0 Å². The van der Waals surface area contributed by atoms with E-state index >= 15 is 0 Å². The molecule has 1 aromatic heterocycles. The fourth-order valence-electron chi connectivity index (χ4n) is 1.40. The molecule has 0 aliphatic rings. The van der Waals surface area contributed by atoms with Gasteiger partial charge < -0.3 is 10.2 Å². The fourth-order valence-corrected chi connectivity index (χ4v) is 1.40. The van der Waals surface area contributed by atoms with E-state index in [0.29, 0.717) is 6.54 Å². The number of likely N-dealkylation sites (N-methyl/N-ethyl adjacent to an activating group) is 2. The van der Waals surface area contributed by atoms with E-state index in [9.17, 15) is 4.79 Å². The van der Waals surface area contributed by atoms with Crippen molar-refractivity contribution in [1.29, 1.82) is 0 Å². The maximum absolute atomic E-state index is 11.9. The molecule has 1 rings (SSSR count). The third-order valence-corrected chi connectivity index (χ3v) is 2.44. The number of aromatic nitrogens is 2. The number of nitrogens with one attached hydrogen (secondary N) is 1. The summed E-state index contributed by atoms with van der Waals surface area (Å²) in [4.78, 5) is 13.6. The van der Waals surface area contributed by atoms with E-state index in [1.165, 1.54) is 0 Å². The van der Waals surface area contributed by atoms with Crippen LogP contribution in [0.25, 0.3) is 0 Å². The first-order valence-electron chi connectivity index (χ1n) is 5.01. The number of aryl methyl sites for hydroxylation is 1. The number of hydrogen-bond donors (Lipinski definition) is 1. The van der Waals surface area contributed by atoms with Gasteiger partial charge in [-0.25, -0.2) is 0 Å². The van der Waals surface area contributed by atoms with Crippen molar-refractivity contribution >= 4 is 5.91 Å². The van der Waals surface area contributed by atoms with Crippen molar-refractivity contribution in [3.05, 3.63) is 18.0 Å². The molecule has 1 aromatic rings. The van der Waals surface area contributed by atoms with Crippen molar-refractivity contribution < 1.29 is 4.79 Å². The van der Waals surface area contributed by atoms with Gasteiger partial charge in [0.25, 0.3) is 0 Å². The number of carbonyl (C=O) groups excluding carboxylic acids is 1. The predicted molar refractivity (Wildman–Crippen MR) is 58.3 cm³/mol. The quantitative estimate of drug-likeness (QED) is 0.770. The molecule has 1 N–H and O–H groups in total. The van der Waals surface area contributed by atoms with Crippen LogP contribution in [0, 0.1) is 0 Å². The van der Waals surface area contributed by atoms with Crippen LogP contribution in [0.1, 0.15) is 18.5 Å². The zero-order valence-corrected chi connectivity index (χ0v) is 9.69. The van der Waals surface area contributed by atoms with Gasteiger partial charge in [-0.05, 0) is 14.0 Å². The Morgan fingerprint density at radius 2 is 2.40 bits per heavy atom. The molecule has 0 aromatic carbocycles. The number of amides is 1. The first-order chi connectivity index (χ1) is 7.10. The van der Waals surface area contributed by atoms with Gasteiger partial charge in [-0.3, -0.25) is 9.48 Å². The first-order valence-corrected chi connectivity index (χ1v) is 5.01. The molecule has 1 amide bonds. The summed E-state index contributed by atoms with van der Waals surface area (Å²) >= 11 is 0. The van der Waals surface area contributed by atoms with Crippen LogP contribution in [0.4, 0.5) is 0 Å². The highest BCUT2D eigenvalue weighted by molar-refractivity contribution is 5.82. The summed E-state index contributed by atoms with van der Waals surface area (Å²) < 4.78 is 1.69. The highest BCUT2D eigenvalue weighted by atomic mass is 16.2. The lowest BCUT2D eigenvalue weighted by molar-refractivity contribution is -0.132. The van der Waals surface area contributed by atoms with Crippen LogP contribution in [0.15, 0.2) is 12.4 Å². The molecule has 0 aliphatic carbocycles. The van der Waals surface area contributed by atoms with Gasteiger partial charge in [0.05, 0.1) is 6.20 Å². The molecule has 0 fully saturated rings. The number of hydrogen-bond acceptors (Lipinski definition) is 3. The number of nitrogens with zero attached hydrogens (tertiary/aromatic N) is 3. The highest BCUT2D eigenvalue weighted by Gasteiger charge is 2.22. The average Bonchev–Trinajstić information content (AvgIpc) is 2.64. The van der Waals surface area contributed by atoms with Crippen molar-refractivity contribution in [3.8, 4) is 0 Å². The van der Waals surface area contributed by atoms with Gasteiger partial charge in [-0.15, -0.1) is 0 Å². The first kappa shape index (κ1) is 11.7. The van der Waals surface area contributed by atoms with Gasteiger partial charge >= 0.3 is 0 Å². The van der Waals surface area contributed by atoms with E-state index in [4.69, 9.17) is 0 Å². The molecule has 15 heavy (non-hydrogen) atoms. The predicted octanol–water partition coefficient (Wildman–Crippen LogP) is 0.159. The normalized spacial score (nSPS) is 12.5. The minimum atomic E-state index is -0.302. The topological polar surface area (TPSA) is 50.2 Å². The molecule has 5 nitrogen and oxygen atoms in total. The van der Waals surface area contributed by atoms with Gasteiger partial charge in [0.15, 0.2) is 0 Å². The highest BCUT2D eigenvalue weighted by Crippen LogP contribution is 2.13. The van der Waals surface area contributed by atoms with Crippen molar-refractivity contribution in [2.24, 2.45) is 7.05 Å². The Hall–Kier alpha value is -1.36. The second kappa shape index (κ2) is 4.93. The monoisotopic (exact) mass is 210 g/mol. The van der Waals surface area contributed by atoms with Crippen molar-refractivity contribution in [1.82, 2.24) is 20.0 Å². The van der Waals surface area contributed by atoms with Gasteiger partial charge in [0.1, 0.15) is 6.04 Å². The molecule has 0 spiro atoms. The van der Waals surface area contributed by atoms with Crippen LogP contribution in [0.5, 0.6) is 0 Å². The number of rotatable bonds is 4. The standard InChI is InChI=1S/C10H18N4O/c1-5-13(3)10(15)9(11-2)8-6-12-14(4)7-8/h6-7,9,11H,5H2,1-4H3. The lowest BCUT2D eigenvalue weighted by Gasteiger charge is -2.21. The Bertz CT molecular complexity index is 334. The van der Waals surface area contributed by atoms with Crippen molar-refractivity contribution in [2.45, 2.75) is 13.0 Å². The van der Waals surface area contributed by atoms with E-state index in [1.807, 2.05) is 20.2 Å². The van der Waals surface area contributed by atoms with Crippen molar-refractivity contribution in [3.63, 3.8) is 0 Å². The van der Waals surface area contributed by atoms with E-state index in [2.05, 4.69) is 10.4 Å². The molecule has 0 saturated heterocycles. The van der Waals surface area contributed by atoms with E-state index in [1.54, 1.807) is 29.9 Å². The molecule has 0 radical (unpaired) electrons. The third kappa shape index (κ3) is 2.56. The Morgan fingerprint density at radius 3 is 2.80 bits per heavy atom. The Balaban J connectivity index is 2.84. The van der Waals surface area contributed by atoms with E-state index < -0.39 is 0 Å². The summed E-state index contributed by atoms with van der Waals surface area (Å²) in [6.45, 7) is 2.66. The summed E-state index contributed by atoms with van der Waals surface area (Å²) in [5, 5.41) is 7.06. The smallest absolute Gasteiger partial charge is 0.244 e. The third-order valence-electron chi connectivity index (χ3n) is 2.44. The molecular weight excluding hydrogens is 192 g/mol. The molecule has 0 saturated carbocycles. The lowest BCUT2D eigenvalue weighted by atomic mass is 10.1. The fraction of sp³-hybridized carbons (Fsp3) is 0.600. The minimum absolute atomic E-state index is 0.0630. The Labute approximate surface area is 90.1 Å². The molecule has 0 bridgehead atoms. The zero-order valence-electron chi connectivity index (χ0n) is 9.69. The van der Waals surface area contributed by atoms with Gasteiger partial charge in [0.2, 0.25) is 5.91 Å². The minimum Gasteiger partial charge on any atom is -0.344 e. The summed E-state index contributed by atoms with van der Waals surface area (Å²) in [5.41, 5.74) is 0.894. The molecule has 84 valence electrons. The summed E-state index contributed by atoms with van der Waals surface area (Å²) in [5.74, 6) is 0.0630. The summed E-state index contributed by atoms with van der Waals surface area (Å²) in [6, 6.07) is -0.302. The Kier molecular flexibility index (Phi) is 3.85. The van der Waals surface area contributed by atoms with Crippen LogP contribution in [0.3, 0.4) is 0 Å². The lowest BCUT2D eigenvalue weighted by Crippen LogP contribution is -2.37. The SMILES string of the molecule is CCN(C)C(=O)C(NC)c1cnn(C)c1. The average molecular weight is 210 g/mol. The maximum atomic E-state index is 11.9. The Morgan fingerprint density at radius 1 is 1.73 bits per heavy atom. The van der Waals surface area contributed by atoms with Gasteiger partial charge in [0, 0.05) is 32.4 Å². The molecule has 0 aliphatic heterocycles. The number of carbonyl (C=O) groups is 1. The zero-order chi connectivity index (χ0) is 11.4. The molecule has 1 atom stereocenters. The second-order valence-electron chi connectivity index (χ2n) is 3.52. The molecular formula is C10H18N4O. The molecule has 1 heterocycles. The maximum Gasteiger partial charge on any atom is 0.244 e. The summed E-state index contributed by atoms with van der Waals surface area (Å²) in [7, 11) is 5.41. The van der Waals surface area contributed by atoms with E-state index in [-0.39, 0.29) is 11.9 Å². The summed E-state index contributed by atoms with van der Waals surface area (Å²) in [6.07, 6.45) is 3.56. The largest absolute Gasteiger partial charge is 0.344 e. The van der Waals surface area contributed by atoms with Crippen LogP contribution in [0.2, 0.25) is 0 Å². The van der Waals surface area contributed by atoms with Crippen LogP contribution in [-0.2, 0) is 11.8 Å². The van der Waals surface area contributed by atoms with Gasteiger partial charge in [-0.1, -0.05) is 0 Å². The van der Waals surface area contributed by atoms with Gasteiger partial charge in [-0.2, -0.15) is 5.10 Å². The van der Waals surface area contributed by atoms with E-state index in [0.717, 1.165) is 5.56 Å². The molecule has 1 unspecified atom stereocenters. The van der Waals surface area contributed by atoms with Crippen LogP contribution in [-0.4, -0.2) is 41.2 Å². The van der Waals surface area contributed by atoms with Crippen LogP contribution < -0.4 is 5.32 Å². The second-order valence-corrected chi connectivity index (χ2v) is 3.52.